The van der Waals surface area contributed by atoms with Gasteiger partial charge >= 0.3 is 0 Å². The van der Waals surface area contributed by atoms with Crippen LogP contribution in [0.1, 0.15) is 58.3 Å². The molecule has 3 N–H and O–H groups in total. The minimum absolute atomic E-state index is 0.151. The van der Waals surface area contributed by atoms with E-state index in [4.69, 9.17) is 5.73 Å². The lowest BCUT2D eigenvalue weighted by molar-refractivity contribution is -0.122. The zero-order valence-electron chi connectivity index (χ0n) is 10.3. The predicted octanol–water partition coefficient (Wildman–Crippen LogP) is 1.95. The molecule has 3 heteroatoms. The van der Waals surface area contributed by atoms with Crippen LogP contribution in [0.3, 0.4) is 0 Å². The molecule has 92 valence electrons. The van der Waals surface area contributed by atoms with Crippen molar-refractivity contribution in [1.82, 2.24) is 5.32 Å². The molecule has 0 heterocycles. The van der Waals surface area contributed by atoms with Gasteiger partial charge in [-0.05, 0) is 32.1 Å². The number of carbonyl (C=O) groups is 1. The van der Waals surface area contributed by atoms with E-state index in [0.29, 0.717) is 12.5 Å². The Balaban J connectivity index is 1.70. The number of hydrogen-bond donors (Lipinski definition) is 2. The summed E-state index contributed by atoms with van der Waals surface area (Å²) in [4.78, 5) is 11.8. The summed E-state index contributed by atoms with van der Waals surface area (Å²) in [5.74, 6) is 1.02. The second kappa shape index (κ2) is 4.74. The predicted molar refractivity (Wildman–Crippen MR) is 64.9 cm³/mol. The summed E-state index contributed by atoms with van der Waals surface area (Å²) in [6.45, 7) is 2.11. The Kier molecular flexibility index (Phi) is 3.53. The number of rotatable bonds is 5. The summed E-state index contributed by atoms with van der Waals surface area (Å²) < 4.78 is 0. The van der Waals surface area contributed by atoms with E-state index in [9.17, 15) is 4.79 Å². The molecular weight excluding hydrogens is 200 g/mol. The Labute approximate surface area is 98.2 Å². The average molecular weight is 224 g/mol. The van der Waals surface area contributed by atoms with Gasteiger partial charge in [-0.2, -0.15) is 0 Å². The standard InChI is InChI=1S/C13H24N2O/c1-10(8-11-4-5-11)15-12(16)9-13(14)6-2-3-7-13/h10-11H,2-9,14H2,1H3,(H,15,16). The van der Waals surface area contributed by atoms with Gasteiger partial charge in [-0.1, -0.05) is 25.7 Å². The fourth-order valence-corrected chi connectivity index (χ4v) is 2.81. The van der Waals surface area contributed by atoms with Crippen LogP contribution in [-0.2, 0) is 4.79 Å². The monoisotopic (exact) mass is 224 g/mol. The number of amides is 1. The van der Waals surface area contributed by atoms with Crippen molar-refractivity contribution in [2.24, 2.45) is 11.7 Å². The SMILES string of the molecule is CC(CC1CC1)NC(=O)CC1(N)CCCC1. The van der Waals surface area contributed by atoms with Crippen LogP contribution < -0.4 is 11.1 Å². The van der Waals surface area contributed by atoms with Gasteiger partial charge in [0.15, 0.2) is 0 Å². The largest absolute Gasteiger partial charge is 0.354 e. The van der Waals surface area contributed by atoms with E-state index in [2.05, 4.69) is 12.2 Å². The minimum Gasteiger partial charge on any atom is -0.354 e. The van der Waals surface area contributed by atoms with Crippen LogP contribution in [0.15, 0.2) is 0 Å². The van der Waals surface area contributed by atoms with Crippen LogP contribution in [0, 0.1) is 5.92 Å². The first kappa shape index (κ1) is 11.9. The van der Waals surface area contributed by atoms with Crippen molar-refractivity contribution >= 4 is 5.91 Å². The lowest BCUT2D eigenvalue weighted by Crippen LogP contribution is -2.44. The highest BCUT2D eigenvalue weighted by atomic mass is 16.1. The van der Waals surface area contributed by atoms with Crippen LogP contribution in [0.25, 0.3) is 0 Å². The Hall–Kier alpha value is -0.570. The van der Waals surface area contributed by atoms with E-state index >= 15 is 0 Å². The molecule has 0 aromatic carbocycles. The smallest absolute Gasteiger partial charge is 0.222 e. The van der Waals surface area contributed by atoms with E-state index in [1.807, 2.05) is 0 Å². The maximum Gasteiger partial charge on any atom is 0.222 e. The van der Waals surface area contributed by atoms with Crippen molar-refractivity contribution in [3.63, 3.8) is 0 Å². The molecule has 0 saturated heterocycles. The first-order valence-corrected chi connectivity index (χ1v) is 6.66. The van der Waals surface area contributed by atoms with Gasteiger partial charge in [-0.3, -0.25) is 4.79 Å². The van der Waals surface area contributed by atoms with Crippen molar-refractivity contribution in [2.45, 2.75) is 69.9 Å². The van der Waals surface area contributed by atoms with Crippen molar-refractivity contribution in [2.75, 3.05) is 0 Å². The summed E-state index contributed by atoms with van der Waals surface area (Å²) >= 11 is 0. The molecule has 1 unspecified atom stereocenters. The van der Waals surface area contributed by atoms with Crippen molar-refractivity contribution < 1.29 is 4.79 Å². The minimum atomic E-state index is -0.205. The van der Waals surface area contributed by atoms with Crippen LogP contribution in [0.2, 0.25) is 0 Å². The third-order valence-corrected chi connectivity index (χ3v) is 3.90. The van der Waals surface area contributed by atoms with Crippen LogP contribution in [0.5, 0.6) is 0 Å². The Morgan fingerprint density at radius 3 is 2.62 bits per heavy atom. The molecule has 2 saturated carbocycles. The van der Waals surface area contributed by atoms with Gasteiger partial charge in [-0.25, -0.2) is 0 Å². The molecule has 1 atom stereocenters. The molecule has 3 nitrogen and oxygen atoms in total. The summed E-state index contributed by atoms with van der Waals surface area (Å²) in [6, 6.07) is 0.324. The summed E-state index contributed by atoms with van der Waals surface area (Å²) in [5, 5.41) is 3.08. The van der Waals surface area contributed by atoms with E-state index in [1.54, 1.807) is 0 Å². The normalized spacial score (nSPS) is 25.4. The molecule has 2 aliphatic rings. The van der Waals surface area contributed by atoms with E-state index in [0.717, 1.165) is 25.2 Å². The van der Waals surface area contributed by atoms with Crippen LogP contribution >= 0.6 is 0 Å². The summed E-state index contributed by atoms with van der Waals surface area (Å²) in [6.07, 6.45) is 8.74. The summed E-state index contributed by atoms with van der Waals surface area (Å²) in [7, 11) is 0. The Bertz CT molecular complexity index is 255. The topological polar surface area (TPSA) is 55.1 Å². The van der Waals surface area contributed by atoms with Crippen molar-refractivity contribution in [1.29, 1.82) is 0 Å². The molecule has 0 aromatic heterocycles. The summed E-state index contributed by atoms with van der Waals surface area (Å²) in [5.41, 5.74) is 5.98. The van der Waals surface area contributed by atoms with Gasteiger partial charge in [-0.15, -0.1) is 0 Å². The van der Waals surface area contributed by atoms with E-state index < -0.39 is 0 Å². The first-order chi connectivity index (χ1) is 7.57. The number of carbonyl (C=O) groups excluding carboxylic acids is 1. The van der Waals surface area contributed by atoms with Crippen molar-refractivity contribution in [3.8, 4) is 0 Å². The first-order valence-electron chi connectivity index (χ1n) is 6.66. The number of nitrogens with two attached hydrogens (primary N) is 1. The maximum atomic E-state index is 11.8. The third-order valence-electron chi connectivity index (χ3n) is 3.90. The van der Waals surface area contributed by atoms with Gasteiger partial charge in [0.05, 0.1) is 0 Å². The van der Waals surface area contributed by atoms with Gasteiger partial charge in [0, 0.05) is 18.0 Å². The average Bonchev–Trinajstić information content (AvgIpc) is 2.87. The molecule has 2 fully saturated rings. The Morgan fingerprint density at radius 2 is 2.06 bits per heavy atom. The second-order valence-electron chi connectivity index (χ2n) is 5.89. The van der Waals surface area contributed by atoms with Crippen LogP contribution in [0.4, 0.5) is 0 Å². The molecule has 0 aromatic rings. The highest BCUT2D eigenvalue weighted by Crippen LogP contribution is 2.33. The fourth-order valence-electron chi connectivity index (χ4n) is 2.81. The molecule has 2 rings (SSSR count). The van der Waals surface area contributed by atoms with Gasteiger partial charge < -0.3 is 11.1 Å². The quantitative estimate of drug-likeness (QED) is 0.750. The molecular formula is C13H24N2O. The van der Waals surface area contributed by atoms with Gasteiger partial charge in [0.1, 0.15) is 0 Å². The Morgan fingerprint density at radius 1 is 1.44 bits per heavy atom. The zero-order valence-corrected chi connectivity index (χ0v) is 10.3. The fraction of sp³-hybridized carbons (Fsp3) is 0.923. The van der Waals surface area contributed by atoms with Crippen LogP contribution in [-0.4, -0.2) is 17.5 Å². The van der Waals surface area contributed by atoms with Crippen molar-refractivity contribution in [3.05, 3.63) is 0 Å². The lowest BCUT2D eigenvalue weighted by atomic mass is 9.94. The van der Waals surface area contributed by atoms with Gasteiger partial charge in [0.2, 0.25) is 5.91 Å². The molecule has 2 aliphatic carbocycles. The lowest BCUT2D eigenvalue weighted by Gasteiger charge is -2.24. The molecule has 0 bridgehead atoms. The zero-order chi connectivity index (χ0) is 11.6. The second-order valence-corrected chi connectivity index (χ2v) is 5.89. The molecule has 0 aliphatic heterocycles. The molecule has 1 amide bonds. The van der Waals surface area contributed by atoms with Gasteiger partial charge in [0.25, 0.3) is 0 Å². The molecule has 16 heavy (non-hydrogen) atoms. The highest BCUT2D eigenvalue weighted by molar-refractivity contribution is 5.77. The van der Waals surface area contributed by atoms with E-state index in [-0.39, 0.29) is 11.4 Å². The maximum absolute atomic E-state index is 11.8. The third kappa shape index (κ3) is 3.48. The molecule has 0 spiro atoms. The number of hydrogen-bond acceptors (Lipinski definition) is 2. The molecule has 0 radical (unpaired) electrons. The van der Waals surface area contributed by atoms with E-state index in [1.165, 1.54) is 25.7 Å². The highest BCUT2D eigenvalue weighted by Gasteiger charge is 2.32. The number of nitrogens with one attached hydrogen (secondary N) is 1.